The number of carbonyl (C=O) groups excluding carboxylic acids is 1. The Morgan fingerprint density at radius 2 is 1.96 bits per heavy atom. The lowest BCUT2D eigenvalue weighted by Gasteiger charge is -2.12. The van der Waals surface area contributed by atoms with Crippen LogP contribution in [-0.2, 0) is 4.79 Å². The molecular weight excluding hydrogens is 330 g/mol. The van der Waals surface area contributed by atoms with Gasteiger partial charge in [-0.3, -0.25) is 4.79 Å². The number of hydrogen-bond donors (Lipinski definition) is 1. The van der Waals surface area contributed by atoms with E-state index < -0.39 is 0 Å². The maximum Gasteiger partial charge on any atom is 0.236 e. The molecule has 0 bridgehead atoms. The number of carbonyl (C=O) groups is 1. The van der Waals surface area contributed by atoms with Gasteiger partial charge in [-0.25, -0.2) is 9.97 Å². The van der Waals surface area contributed by atoms with Crippen LogP contribution in [0, 0.1) is 20.8 Å². The molecule has 4 rings (SSSR count). The molecule has 3 aromatic rings. The van der Waals surface area contributed by atoms with Crippen molar-refractivity contribution in [2.75, 3.05) is 11.9 Å². The Hall–Kier alpha value is -3.22. The third-order valence-electron chi connectivity index (χ3n) is 4.27. The average molecular weight is 349 g/mol. The van der Waals surface area contributed by atoms with Gasteiger partial charge in [0.15, 0.2) is 5.82 Å². The highest BCUT2D eigenvalue weighted by Gasteiger charge is 2.30. The molecule has 0 saturated heterocycles. The fourth-order valence-corrected chi connectivity index (χ4v) is 3.16. The minimum Gasteiger partial charge on any atom is -0.492 e. The summed E-state index contributed by atoms with van der Waals surface area (Å²) in [6.07, 6.45) is 0. The molecular formula is C19H19N5O2. The molecule has 1 aliphatic rings. The van der Waals surface area contributed by atoms with E-state index in [2.05, 4.69) is 20.4 Å². The molecule has 7 heteroatoms. The largest absolute Gasteiger partial charge is 0.492 e. The first kappa shape index (κ1) is 16.3. The van der Waals surface area contributed by atoms with Crippen molar-refractivity contribution in [3.63, 3.8) is 0 Å². The number of benzene rings is 1. The first-order valence-electron chi connectivity index (χ1n) is 8.43. The number of para-hydroxylation sites is 1. The molecule has 0 spiro atoms. The van der Waals surface area contributed by atoms with Gasteiger partial charge in [0, 0.05) is 23.4 Å². The van der Waals surface area contributed by atoms with Crippen molar-refractivity contribution >= 4 is 11.7 Å². The van der Waals surface area contributed by atoms with E-state index in [4.69, 9.17) is 4.74 Å². The molecule has 0 radical (unpaired) electrons. The predicted molar refractivity (Wildman–Crippen MR) is 96.7 cm³/mol. The topological polar surface area (TPSA) is 81.9 Å². The lowest BCUT2D eigenvalue weighted by Crippen LogP contribution is -2.23. The van der Waals surface area contributed by atoms with Crippen LogP contribution in [0.5, 0.6) is 5.75 Å². The van der Waals surface area contributed by atoms with E-state index in [-0.39, 0.29) is 11.8 Å². The second kappa shape index (κ2) is 6.25. The molecule has 7 nitrogen and oxygen atoms in total. The Morgan fingerprint density at radius 1 is 1.15 bits per heavy atom. The zero-order valence-electron chi connectivity index (χ0n) is 14.9. The highest BCUT2D eigenvalue weighted by atomic mass is 16.5. The molecule has 0 saturated carbocycles. The van der Waals surface area contributed by atoms with Crippen LogP contribution < -0.4 is 10.1 Å². The lowest BCUT2D eigenvalue weighted by atomic mass is 10.0. The molecule has 132 valence electrons. The molecule has 1 amide bonds. The number of ether oxygens (including phenoxy) is 1. The second-order valence-corrected chi connectivity index (χ2v) is 6.39. The smallest absolute Gasteiger partial charge is 0.236 e. The first-order chi connectivity index (χ1) is 12.5. The molecule has 1 aliphatic heterocycles. The van der Waals surface area contributed by atoms with Gasteiger partial charge in [-0.2, -0.15) is 9.78 Å². The first-order valence-corrected chi connectivity index (χ1v) is 8.43. The zero-order valence-corrected chi connectivity index (χ0v) is 14.9. The van der Waals surface area contributed by atoms with E-state index in [1.54, 1.807) is 4.68 Å². The van der Waals surface area contributed by atoms with Gasteiger partial charge in [0.25, 0.3) is 0 Å². The van der Waals surface area contributed by atoms with Crippen LogP contribution >= 0.6 is 0 Å². The van der Waals surface area contributed by atoms with Crippen LogP contribution in [0.2, 0.25) is 0 Å². The number of rotatable bonds is 3. The molecule has 0 unspecified atom stereocenters. The number of aryl methyl sites for hydroxylation is 3. The highest BCUT2D eigenvalue weighted by Crippen LogP contribution is 2.34. The summed E-state index contributed by atoms with van der Waals surface area (Å²) in [7, 11) is 0. The Balaban J connectivity index is 1.64. The number of amides is 1. The molecule has 26 heavy (non-hydrogen) atoms. The predicted octanol–water partition coefficient (Wildman–Crippen LogP) is 2.70. The second-order valence-electron chi connectivity index (χ2n) is 6.39. The van der Waals surface area contributed by atoms with Gasteiger partial charge in [-0.05, 0) is 26.8 Å². The SMILES string of the molecule is Cc1cc(-n2nc(C)cc2NC(=O)[C@@H]2COc3ccccc32)nc(C)n1. The Kier molecular flexibility index (Phi) is 3.91. The summed E-state index contributed by atoms with van der Waals surface area (Å²) in [6.45, 7) is 5.95. The van der Waals surface area contributed by atoms with Gasteiger partial charge >= 0.3 is 0 Å². The van der Waals surface area contributed by atoms with Crippen LogP contribution in [0.4, 0.5) is 5.82 Å². The number of fused-ring (bicyclic) bond motifs is 1. The normalized spacial score (nSPS) is 15.4. The van der Waals surface area contributed by atoms with Gasteiger partial charge in [0.2, 0.25) is 5.91 Å². The van der Waals surface area contributed by atoms with Crippen molar-refractivity contribution in [3.05, 3.63) is 59.2 Å². The van der Waals surface area contributed by atoms with E-state index in [0.29, 0.717) is 24.1 Å². The van der Waals surface area contributed by atoms with Gasteiger partial charge in [-0.1, -0.05) is 18.2 Å². The minimum absolute atomic E-state index is 0.126. The fourth-order valence-electron chi connectivity index (χ4n) is 3.16. The zero-order chi connectivity index (χ0) is 18.3. The number of anilines is 1. The van der Waals surface area contributed by atoms with Crippen LogP contribution in [0.3, 0.4) is 0 Å². The van der Waals surface area contributed by atoms with Crippen molar-refractivity contribution in [2.45, 2.75) is 26.7 Å². The molecule has 0 fully saturated rings. The highest BCUT2D eigenvalue weighted by molar-refractivity contribution is 5.96. The van der Waals surface area contributed by atoms with Gasteiger partial charge in [0.1, 0.15) is 29.9 Å². The Bertz CT molecular complexity index is 975. The van der Waals surface area contributed by atoms with Crippen LogP contribution in [-0.4, -0.2) is 32.3 Å². The molecule has 1 atom stereocenters. The summed E-state index contributed by atoms with van der Waals surface area (Å²) in [5.74, 6) is 2.15. The van der Waals surface area contributed by atoms with E-state index in [1.807, 2.05) is 57.2 Å². The monoisotopic (exact) mass is 349 g/mol. The maximum atomic E-state index is 12.8. The summed E-state index contributed by atoms with van der Waals surface area (Å²) in [5, 5.41) is 7.44. The summed E-state index contributed by atoms with van der Waals surface area (Å²) in [4.78, 5) is 21.6. The molecule has 2 aromatic heterocycles. The van der Waals surface area contributed by atoms with Crippen LogP contribution in [0.15, 0.2) is 36.4 Å². The van der Waals surface area contributed by atoms with Crippen molar-refractivity contribution in [2.24, 2.45) is 0 Å². The summed E-state index contributed by atoms with van der Waals surface area (Å²) in [6, 6.07) is 11.3. The average Bonchev–Trinajstić information content (AvgIpc) is 3.17. The van der Waals surface area contributed by atoms with Crippen molar-refractivity contribution in [3.8, 4) is 11.6 Å². The van der Waals surface area contributed by atoms with Gasteiger partial charge < -0.3 is 10.1 Å². The number of nitrogens with zero attached hydrogens (tertiary/aromatic N) is 4. The van der Waals surface area contributed by atoms with E-state index in [0.717, 1.165) is 22.7 Å². The van der Waals surface area contributed by atoms with Crippen LogP contribution in [0.25, 0.3) is 5.82 Å². The number of aromatic nitrogens is 4. The van der Waals surface area contributed by atoms with Crippen molar-refractivity contribution in [1.82, 2.24) is 19.7 Å². The molecule has 3 heterocycles. The standard InChI is InChI=1S/C19H19N5O2/c1-11-8-17(21-13(3)20-11)24-18(9-12(2)23-24)22-19(25)15-10-26-16-7-5-4-6-14(15)16/h4-9,15H,10H2,1-3H3,(H,22,25)/t15-/m1/s1. The Morgan fingerprint density at radius 3 is 2.77 bits per heavy atom. The third-order valence-corrected chi connectivity index (χ3v) is 4.27. The summed E-state index contributed by atoms with van der Waals surface area (Å²) < 4.78 is 7.25. The van der Waals surface area contributed by atoms with E-state index in [9.17, 15) is 4.79 Å². The molecule has 0 aliphatic carbocycles. The number of nitrogens with one attached hydrogen (secondary N) is 1. The summed E-state index contributed by atoms with van der Waals surface area (Å²) >= 11 is 0. The van der Waals surface area contributed by atoms with E-state index >= 15 is 0 Å². The van der Waals surface area contributed by atoms with Crippen LogP contribution in [0.1, 0.15) is 28.7 Å². The van der Waals surface area contributed by atoms with Crippen molar-refractivity contribution in [1.29, 1.82) is 0 Å². The van der Waals surface area contributed by atoms with Crippen molar-refractivity contribution < 1.29 is 9.53 Å². The maximum absolute atomic E-state index is 12.8. The van der Waals surface area contributed by atoms with Gasteiger partial charge in [-0.15, -0.1) is 0 Å². The summed E-state index contributed by atoms with van der Waals surface area (Å²) in [5.41, 5.74) is 2.54. The minimum atomic E-state index is -0.344. The quantitative estimate of drug-likeness (QED) is 0.786. The lowest BCUT2D eigenvalue weighted by molar-refractivity contribution is -0.117. The number of hydrogen-bond acceptors (Lipinski definition) is 5. The Labute approximate surface area is 151 Å². The van der Waals surface area contributed by atoms with E-state index in [1.165, 1.54) is 0 Å². The third kappa shape index (κ3) is 2.92. The molecule has 1 aromatic carbocycles. The fraction of sp³-hybridized carbons (Fsp3) is 0.263. The van der Waals surface area contributed by atoms with Gasteiger partial charge in [0.05, 0.1) is 5.69 Å². The molecule has 1 N–H and O–H groups in total.